The summed E-state index contributed by atoms with van der Waals surface area (Å²) >= 11 is 11.8. The van der Waals surface area contributed by atoms with Crippen LogP contribution in [0.5, 0.6) is 5.75 Å². The van der Waals surface area contributed by atoms with Gasteiger partial charge in [0.2, 0.25) is 0 Å². The lowest BCUT2D eigenvalue weighted by molar-refractivity contribution is -0.123. The predicted octanol–water partition coefficient (Wildman–Crippen LogP) is 4.30. The number of hydrogen-bond acceptors (Lipinski definition) is 3. The molecule has 2 bridgehead atoms. The molecule has 2 fully saturated rings. The van der Waals surface area contributed by atoms with Gasteiger partial charge in [-0.1, -0.05) is 37.0 Å². The fourth-order valence-electron chi connectivity index (χ4n) is 3.78. The van der Waals surface area contributed by atoms with Crippen molar-refractivity contribution in [2.24, 2.45) is 22.4 Å². The molecule has 1 aromatic rings. The number of ether oxygens (including phenoxy) is 1. The Bertz CT molecular complexity index is 658. The Morgan fingerprint density at radius 1 is 1.39 bits per heavy atom. The van der Waals surface area contributed by atoms with E-state index in [9.17, 15) is 4.79 Å². The molecule has 1 aromatic carbocycles. The van der Waals surface area contributed by atoms with Crippen LogP contribution in [-0.2, 0) is 4.79 Å². The highest BCUT2D eigenvalue weighted by molar-refractivity contribution is 6.35. The number of benzene rings is 1. The molecule has 4 nitrogen and oxygen atoms in total. The molecule has 0 aliphatic heterocycles. The van der Waals surface area contributed by atoms with E-state index in [-0.39, 0.29) is 12.5 Å². The summed E-state index contributed by atoms with van der Waals surface area (Å²) in [4.78, 5) is 11.9. The average Bonchev–Trinajstić information content (AvgIpc) is 2.92. The highest BCUT2D eigenvalue weighted by Crippen LogP contribution is 2.55. The summed E-state index contributed by atoms with van der Waals surface area (Å²) in [6.45, 7) is 4.46. The number of hydrazone groups is 1. The van der Waals surface area contributed by atoms with Gasteiger partial charge in [-0.15, -0.1) is 0 Å². The van der Waals surface area contributed by atoms with Crippen LogP contribution < -0.4 is 10.2 Å². The smallest absolute Gasteiger partial charge is 0.277 e. The van der Waals surface area contributed by atoms with E-state index in [2.05, 4.69) is 24.4 Å². The first-order valence-corrected chi connectivity index (χ1v) is 8.56. The van der Waals surface area contributed by atoms with Crippen LogP contribution in [0.2, 0.25) is 10.0 Å². The molecule has 2 atom stereocenters. The maximum absolute atomic E-state index is 11.9. The molecule has 0 spiro atoms. The van der Waals surface area contributed by atoms with E-state index >= 15 is 0 Å². The summed E-state index contributed by atoms with van der Waals surface area (Å²) in [7, 11) is 0. The zero-order valence-corrected chi connectivity index (χ0v) is 14.7. The monoisotopic (exact) mass is 354 g/mol. The van der Waals surface area contributed by atoms with Crippen molar-refractivity contribution in [3.8, 4) is 5.75 Å². The molecule has 2 aliphatic carbocycles. The number of amides is 1. The Hall–Kier alpha value is -1.26. The first-order valence-electron chi connectivity index (χ1n) is 7.81. The Kier molecular flexibility index (Phi) is 4.56. The van der Waals surface area contributed by atoms with Gasteiger partial charge in [0.25, 0.3) is 5.91 Å². The van der Waals surface area contributed by atoms with Gasteiger partial charge >= 0.3 is 0 Å². The number of nitrogens with one attached hydrogen (secondary N) is 1. The Morgan fingerprint density at radius 3 is 2.78 bits per heavy atom. The first-order chi connectivity index (χ1) is 10.9. The lowest BCUT2D eigenvalue weighted by Crippen LogP contribution is -2.27. The van der Waals surface area contributed by atoms with Crippen LogP contribution in [0.25, 0.3) is 0 Å². The van der Waals surface area contributed by atoms with Gasteiger partial charge in [-0.2, -0.15) is 5.10 Å². The van der Waals surface area contributed by atoms with Crippen molar-refractivity contribution in [2.75, 3.05) is 6.61 Å². The molecule has 0 heterocycles. The molecule has 0 unspecified atom stereocenters. The lowest BCUT2D eigenvalue weighted by Gasteiger charge is -2.22. The fraction of sp³-hybridized carbons (Fsp3) is 0.529. The van der Waals surface area contributed by atoms with Gasteiger partial charge in [-0.05, 0) is 48.8 Å². The Balaban J connectivity index is 1.54. The molecule has 23 heavy (non-hydrogen) atoms. The van der Waals surface area contributed by atoms with E-state index in [1.807, 2.05) is 0 Å². The summed E-state index contributed by atoms with van der Waals surface area (Å²) in [6, 6.07) is 4.88. The minimum Gasteiger partial charge on any atom is -0.482 e. The lowest BCUT2D eigenvalue weighted by atomic mass is 9.82. The summed E-state index contributed by atoms with van der Waals surface area (Å²) in [6.07, 6.45) is 3.42. The van der Waals surface area contributed by atoms with E-state index < -0.39 is 0 Å². The summed E-state index contributed by atoms with van der Waals surface area (Å²) in [5.41, 5.74) is 4.02. The minimum absolute atomic E-state index is 0.129. The summed E-state index contributed by atoms with van der Waals surface area (Å²) in [5, 5.41) is 5.24. The number of rotatable bonds is 4. The minimum atomic E-state index is -0.288. The summed E-state index contributed by atoms with van der Waals surface area (Å²) in [5.74, 6) is 1.32. The molecule has 1 N–H and O–H groups in total. The molecular weight excluding hydrogens is 335 g/mol. The zero-order chi connectivity index (χ0) is 16.6. The van der Waals surface area contributed by atoms with Crippen LogP contribution in [0.4, 0.5) is 0 Å². The van der Waals surface area contributed by atoms with Crippen molar-refractivity contribution >= 4 is 34.8 Å². The highest BCUT2D eigenvalue weighted by Gasteiger charge is 2.51. The molecule has 0 saturated heterocycles. The molecule has 1 amide bonds. The molecule has 0 radical (unpaired) electrons. The molecule has 2 saturated carbocycles. The van der Waals surface area contributed by atoms with Gasteiger partial charge in [0.05, 0.1) is 5.02 Å². The van der Waals surface area contributed by atoms with Crippen molar-refractivity contribution in [2.45, 2.75) is 33.1 Å². The standard InChI is InChI=1S/C17H20Cl2N2O2/c1-17(2)10-3-5-12(17)14(7-10)20-21-16(22)9-23-15-6-4-11(18)8-13(15)19/h4,6,8,10,12H,3,5,7,9H2,1-2H3,(H,21,22)/b20-14-/t10-,12-/m0/s1. The van der Waals surface area contributed by atoms with E-state index in [1.165, 1.54) is 12.8 Å². The van der Waals surface area contributed by atoms with Crippen molar-refractivity contribution in [1.29, 1.82) is 0 Å². The largest absolute Gasteiger partial charge is 0.482 e. The maximum atomic E-state index is 11.9. The van der Waals surface area contributed by atoms with Gasteiger partial charge in [0.1, 0.15) is 5.75 Å². The number of carbonyl (C=O) groups is 1. The second kappa shape index (κ2) is 6.33. The van der Waals surface area contributed by atoms with Crippen LogP contribution in [0.15, 0.2) is 23.3 Å². The van der Waals surface area contributed by atoms with Gasteiger partial charge in [0, 0.05) is 16.7 Å². The molecule has 3 rings (SSSR count). The SMILES string of the molecule is CC1(C)[C@H]2CC[C@H]1/C(=N\NC(=O)COc1ccc(Cl)cc1Cl)C2. The molecule has 2 aliphatic rings. The Morgan fingerprint density at radius 2 is 2.17 bits per heavy atom. The third kappa shape index (κ3) is 3.33. The zero-order valence-electron chi connectivity index (χ0n) is 13.2. The van der Waals surface area contributed by atoms with E-state index in [4.69, 9.17) is 27.9 Å². The maximum Gasteiger partial charge on any atom is 0.277 e. The average molecular weight is 355 g/mol. The van der Waals surface area contributed by atoms with Crippen LogP contribution in [0.1, 0.15) is 33.1 Å². The molecular formula is C17H20Cl2N2O2. The van der Waals surface area contributed by atoms with Crippen LogP contribution >= 0.6 is 23.2 Å². The topological polar surface area (TPSA) is 50.7 Å². The summed E-state index contributed by atoms with van der Waals surface area (Å²) < 4.78 is 5.40. The second-order valence-corrected chi connectivity index (χ2v) is 7.70. The fourth-order valence-corrected chi connectivity index (χ4v) is 4.24. The van der Waals surface area contributed by atoms with E-state index in [1.54, 1.807) is 18.2 Å². The van der Waals surface area contributed by atoms with E-state index in [0.29, 0.717) is 33.0 Å². The van der Waals surface area contributed by atoms with Crippen LogP contribution in [-0.4, -0.2) is 18.2 Å². The molecule has 124 valence electrons. The van der Waals surface area contributed by atoms with Crippen molar-refractivity contribution in [1.82, 2.24) is 5.43 Å². The number of carbonyl (C=O) groups excluding carboxylic acids is 1. The highest BCUT2D eigenvalue weighted by atomic mass is 35.5. The molecule has 6 heteroatoms. The van der Waals surface area contributed by atoms with E-state index in [0.717, 1.165) is 12.1 Å². The van der Waals surface area contributed by atoms with Gasteiger partial charge in [-0.3, -0.25) is 4.79 Å². The van der Waals surface area contributed by atoms with Crippen LogP contribution in [0.3, 0.4) is 0 Å². The van der Waals surface area contributed by atoms with Gasteiger partial charge < -0.3 is 4.74 Å². The number of hydrogen-bond donors (Lipinski definition) is 1. The molecule has 0 aromatic heterocycles. The van der Waals surface area contributed by atoms with Gasteiger partial charge in [-0.25, -0.2) is 5.43 Å². The third-order valence-corrected chi connectivity index (χ3v) is 5.72. The normalized spacial score (nSPS) is 26.5. The van der Waals surface area contributed by atoms with Crippen molar-refractivity contribution in [3.63, 3.8) is 0 Å². The number of nitrogens with zero attached hydrogens (tertiary/aromatic N) is 1. The van der Waals surface area contributed by atoms with Crippen molar-refractivity contribution in [3.05, 3.63) is 28.2 Å². The van der Waals surface area contributed by atoms with Crippen LogP contribution in [0, 0.1) is 17.3 Å². The number of fused-ring (bicyclic) bond motifs is 2. The third-order valence-electron chi connectivity index (χ3n) is 5.19. The second-order valence-electron chi connectivity index (χ2n) is 6.85. The first kappa shape index (κ1) is 16.6. The Labute approximate surface area is 146 Å². The van der Waals surface area contributed by atoms with Crippen molar-refractivity contribution < 1.29 is 9.53 Å². The predicted molar refractivity (Wildman–Crippen MR) is 92.1 cm³/mol. The van der Waals surface area contributed by atoms with Gasteiger partial charge in [0.15, 0.2) is 6.61 Å². The number of halogens is 2. The quantitative estimate of drug-likeness (QED) is 0.819.